The van der Waals surface area contributed by atoms with Crippen LogP contribution >= 0.6 is 0 Å². The summed E-state index contributed by atoms with van der Waals surface area (Å²) in [5.41, 5.74) is 0.178. The molecule has 9 heteroatoms. The number of amides is 1. The first kappa shape index (κ1) is 19.5. The summed E-state index contributed by atoms with van der Waals surface area (Å²) >= 11 is 0. The largest absolute Gasteiger partial charge is 0.494 e. The maximum Gasteiger partial charge on any atom is 0.333 e. The molecule has 28 heavy (non-hydrogen) atoms. The van der Waals surface area contributed by atoms with Crippen molar-refractivity contribution in [1.29, 1.82) is 0 Å². The lowest BCUT2D eigenvalue weighted by atomic mass is 9.88. The summed E-state index contributed by atoms with van der Waals surface area (Å²) in [6, 6.07) is 2.66. The summed E-state index contributed by atoms with van der Waals surface area (Å²) < 4.78 is 12.6. The average Bonchev–Trinajstić information content (AvgIpc) is 2.69. The molecule has 0 spiro atoms. The molecule has 1 aromatic heterocycles. The first-order chi connectivity index (χ1) is 13.2. The first-order valence-electron chi connectivity index (χ1n) is 8.73. The van der Waals surface area contributed by atoms with E-state index < -0.39 is 23.2 Å². The summed E-state index contributed by atoms with van der Waals surface area (Å²) in [6.07, 6.45) is 0.554. The van der Waals surface area contributed by atoms with Gasteiger partial charge in [0.05, 0.1) is 20.3 Å². The zero-order chi connectivity index (χ0) is 20.7. The van der Waals surface area contributed by atoms with Crippen molar-refractivity contribution in [3.63, 3.8) is 0 Å². The normalized spacial score (nSPS) is 15.9. The molecular formula is C19H23N3O6. The molecule has 1 aromatic carbocycles. The quantitative estimate of drug-likeness (QED) is 0.810. The number of rotatable bonds is 3. The van der Waals surface area contributed by atoms with Gasteiger partial charge in [0, 0.05) is 27.6 Å². The molecule has 0 aliphatic carbocycles. The third kappa shape index (κ3) is 2.83. The second kappa shape index (κ2) is 7.06. The van der Waals surface area contributed by atoms with Crippen LogP contribution in [0.15, 0.2) is 21.7 Å². The highest BCUT2D eigenvalue weighted by molar-refractivity contribution is 5.75. The van der Waals surface area contributed by atoms with Crippen LogP contribution in [-0.2, 0) is 25.3 Å². The molecule has 0 radical (unpaired) electrons. The van der Waals surface area contributed by atoms with Gasteiger partial charge in [0.1, 0.15) is 5.56 Å². The molecule has 0 fully saturated rings. The van der Waals surface area contributed by atoms with E-state index in [2.05, 4.69) is 0 Å². The van der Waals surface area contributed by atoms with Gasteiger partial charge in [0.15, 0.2) is 11.5 Å². The maximum absolute atomic E-state index is 12.9. The molecule has 1 aliphatic rings. The zero-order valence-corrected chi connectivity index (χ0v) is 16.5. The van der Waals surface area contributed by atoms with Crippen molar-refractivity contribution in [2.24, 2.45) is 14.1 Å². The van der Waals surface area contributed by atoms with E-state index in [1.807, 2.05) is 6.07 Å². The van der Waals surface area contributed by atoms with Crippen LogP contribution in [0.4, 0.5) is 0 Å². The van der Waals surface area contributed by atoms with Crippen LogP contribution < -0.4 is 20.7 Å². The van der Waals surface area contributed by atoms with Crippen molar-refractivity contribution in [2.75, 3.05) is 20.8 Å². The van der Waals surface area contributed by atoms with E-state index in [1.165, 1.54) is 40.1 Å². The summed E-state index contributed by atoms with van der Waals surface area (Å²) in [4.78, 5) is 38.9. The predicted molar refractivity (Wildman–Crippen MR) is 101 cm³/mol. The van der Waals surface area contributed by atoms with Crippen LogP contribution in [0, 0.1) is 0 Å². The molecule has 1 N–H and O–H groups in total. The van der Waals surface area contributed by atoms with Gasteiger partial charge in [-0.3, -0.25) is 18.7 Å². The number of carbonyl (C=O) groups excluding carboxylic acids is 1. The van der Waals surface area contributed by atoms with Crippen molar-refractivity contribution in [3.05, 3.63) is 49.7 Å². The Labute approximate surface area is 161 Å². The van der Waals surface area contributed by atoms with Gasteiger partial charge >= 0.3 is 5.69 Å². The zero-order valence-electron chi connectivity index (χ0n) is 16.5. The van der Waals surface area contributed by atoms with Crippen molar-refractivity contribution >= 4 is 5.91 Å². The van der Waals surface area contributed by atoms with Crippen LogP contribution in [0.3, 0.4) is 0 Å². The van der Waals surface area contributed by atoms with E-state index in [0.29, 0.717) is 30.0 Å². The number of benzene rings is 1. The molecular weight excluding hydrogens is 366 g/mol. The van der Waals surface area contributed by atoms with Gasteiger partial charge in [0.2, 0.25) is 11.8 Å². The predicted octanol–water partition coefficient (Wildman–Crippen LogP) is 0.301. The second-order valence-electron chi connectivity index (χ2n) is 6.71. The SMILES string of the molecule is COc1cc2c(cc1OC)[C@@H](c1c(O)n(C)c(=O)n(C)c1=O)N(C(C)=O)CC2. The third-order valence-electron chi connectivity index (χ3n) is 5.22. The Morgan fingerprint density at radius 1 is 1.11 bits per heavy atom. The standard InChI is InChI=1S/C19H23N3O6/c1-10(23)22-7-6-11-8-13(27-4)14(28-5)9-12(11)16(22)15-17(24)20(2)19(26)21(3)18(15)25/h8-9,16,24H,6-7H2,1-5H3/t16-/m0/s1. The van der Waals surface area contributed by atoms with Crippen LogP contribution in [0.2, 0.25) is 0 Å². The number of carbonyl (C=O) groups is 1. The van der Waals surface area contributed by atoms with Crippen LogP contribution in [0.5, 0.6) is 17.4 Å². The van der Waals surface area contributed by atoms with Gasteiger partial charge in [-0.1, -0.05) is 0 Å². The fraction of sp³-hybridized carbons (Fsp3) is 0.421. The highest BCUT2D eigenvalue weighted by Gasteiger charge is 2.36. The molecule has 3 rings (SSSR count). The fourth-order valence-corrected chi connectivity index (χ4v) is 3.70. The molecule has 0 bridgehead atoms. The van der Waals surface area contributed by atoms with Gasteiger partial charge in [-0.25, -0.2) is 4.79 Å². The lowest BCUT2D eigenvalue weighted by Crippen LogP contribution is -2.45. The average molecular weight is 389 g/mol. The second-order valence-corrected chi connectivity index (χ2v) is 6.71. The van der Waals surface area contributed by atoms with Crippen LogP contribution in [0.25, 0.3) is 0 Å². The minimum absolute atomic E-state index is 0.0343. The summed E-state index contributed by atoms with van der Waals surface area (Å²) in [7, 11) is 5.73. The molecule has 1 aliphatic heterocycles. The van der Waals surface area contributed by atoms with Crippen molar-refractivity contribution in [2.45, 2.75) is 19.4 Å². The number of nitrogens with zero attached hydrogens (tertiary/aromatic N) is 3. The minimum Gasteiger partial charge on any atom is -0.494 e. The summed E-state index contributed by atoms with van der Waals surface area (Å²) in [5, 5.41) is 10.6. The van der Waals surface area contributed by atoms with Crippen LogP contribution in [0.1, 0.15) is 29.7 Å². The Morgan fingerprint density at radius 2 is 1.71 bits per heavy atom. The van der Waals surface area contributed by atoms with E-state index in [1.54, 1.807) is 6.07 Å². The molecule has 2 heterocycles. The Morgan fingerprint density at radius 3 is 2.29 bits per heavy atom. The number of hydrogen-bond acceptors (Lipinski definition) is 6. The number of hydrogen-bond donors (Lipinski definition) is 1. The number of methoxy groups -OCH3 is 2. The van der Waals surface area contributed by atoms with E-state index in [9.17, 15) is 19.5 Å². The number of ether oxygens (including phenoxy) is 2. The molecule has 9 nitrogen and oxygen atoms in total. The molecule has 2 aromatic rings. The summed E-state index contributed by atoms with van der Waals surface area (Å²) in [6.45, 7) is 1.76. The fourth-order valence-electron chi connectivity index (χ4n) is 3.70. The van der Waals surface area contributed by atoms with Crippen molar-refractivity contribution < 1.29 is 19.4 Å². The van der Waals surface area contributed by atoms with Gasteiger partial charge in [-0.05, 0) is 29.7 Å². The number of fused-ring (bicyclic) bond motifs is 1. The number of aromatic hydroxyl groups is 1. The highest BCUT2D eigenvalue weighted by atomic mass is 16.5. The van der Waals surface area contributed by atoms with Crippen molar-refractivity contribution in [3.8, 4) is 17.4 Å². The topological polar surface area (TPSA) is 103 Å². The smallest absolute Gasteiger partial charge is 0.333 e. The Hall–Kier alpha value is -3.23. The lowest BCUT2D eigenvalue weighted by Gasteiger charge is -2.37. The Kier molecular flexibility index (Phi) is 4.93. The van der Waals surface area contributed by atoms with Gasteiger partial charge in [-0.15, -0.1) is 0 Å². The monoisotopic (exact) mass is 389 g/mol. The highest BCUT2D eigenvalue weighted by Crippen LogP contribution is 2.41. The maximum atomic E-state index is 12.9. The first-order valence-corrected chi connectivity index (χ1v) is 8.73. The molecule has 1 amide bonds. The van der Waals surface area contributed by atoms with Crippen LogP contribution in [-0.4, -0.2) is 45.8 Å². The molecule has 0 saturated carbocycles. The molecule has 150 valence electrons. The van der Waals surface area contributed by atoms with E-state index in [-0.39, 0.29) is 11.5 Å². The number of aromatic nitrogens is 2. The molecule has 1 atom stereocenters. The van der Waals surface area contributed by atoms with Gasteiger partial charge < -0.3 is 19.5 Å². The van der Waals surface area contributed by atoms with E-state index in [0.717, 1.165) is 14.7 Å². The van der Waals surface area contributed by atoms with Gasteiger partial charge in [0.25, 0.3) is 5.56 Å². The molecule has 0 unspecified atom stereocenters. The third-order valence-corrected chi connectivity index (χ3v) is 5.22. The summed E-state index contributed by atoms with van der Waals surface area (Å²) in [5.74, 6) is 0.263. The lowest BCUT2D eigenvalue weighted by molar-refractivity contribution is -0.130. The van der Waals surface area contributed by atoms with E-state index in [4.69, 9.17) is 9.47 Å². The van der Waals surface area contributed by atoms with Crippen molar-refractivity contribution in [1.82, 2.24) is 14.0 Å². The Balaban J connectivity index is 2.38. The van der Waals surface area contributed by atoms with E-state index >= 15 is 0 Å². The van der Waals surface area contributed by atoms with Gasteiger partial charge in [-0.2, -0.15) is 0 Å². The minimum atomic E-state index is -0.855. The Bertz CT molecular complexity index is 1070. The molecule has 0 saturated heterocycles.